The number of hydrogen-bond acceptors (Lipinski definition) is 3. The molecule has 0 bridgehead atoms. The van der Waals surface area contributed by atoms with Gasteiger partial charge in [-0.05, 0) is 42.3 Å². The van der Waals surface area contributed by atoms with Crippen molar-refractivity contribution in [2.75, 3.05) is 12.4 Å². The van der Waals surface area contributed by atoms with E-state index in [4.69, 9.17) is 16.3 Å². The SMILES string of the molecule is COC(=O)c1ccc(Cl)c(NCc2ccc(C)cc2Br)c1. The number of methoxy groups -OCH3 is 1. The number of ether oxygens (including phenoxy) is 1. The lowest BCUT2D eigenvalue weighted by Gasteiger charge is -2.11. The Morgan fingerprint density at radius 2 is 2.05 bits per heavy atom. The van der Waals surface area contributed by atoms with Gasteiger partial charge in [0.1, 0.15) is 0 Å². The zero-order valence-corrected chi connectivity index (χ0v) is 14.1. The lowest BCUT2D eigenvalue weighted by Crippen LogP contribution is -2.05. The van der Waals surface area contributed by atoms with Gasteiger partial charge < -0.3 is 10.1 Å². The van der Waals surface area contributed by atoms with Gasteiger partial charge in [0.2, 0.25) is 0 Å². The van der Waals surface area contributed by atoms with Crippen LogP contribution in [0.25, 0.3) is 0 Å². The fourth-order valence-corrected chi connectivity index (χ4v) is 2.71. The molecule has 0 aliphatic carbocycles. The van der Waals surface area contributed by atoms with Crippen molar-refractivity contribution in [2.24, 2.45) is 0 Å². The molecule has 21 heavy (non-hydrogen) atoms. The van der Waals surface area contributed by atoms with Gasteiger partial charge >= 0.3 is 5.97 Å². The standard InChI is InChI=1S/C16H15BrClNO2/c1-10-3-4-12(13(17)7-10)9-19-15-8-11(16(20)21-2)5-6-14(15)18/h3-8,19H,9H2,1-2H3. The lowest BCUT2D eigenvalue weighted by atomic mass is 10.1. The van der Waals surface area contributed by atoms with E-state index in [9.17, 15) is 4.79 Å². The number of carbonyl (C=O) groups is 1. The van der Waals surface area contributed by atoms with Gasteiger partial charge in [0.15, 0.2) is 0 Å². The third-order valence-electron chi connectivity index (χ3n) is 3.07. The lowest BCUT2D eigenvalue weighted by molar-refractivity contribution is 0.0601. The maximum atomic E-state index is 11.5. The van der Waals surface area contributed by atoms with Gasteiger partial charge in [-0.15, -0.1) is 0 Å². The minimum atomic E-state index is -0.383. The summed E-state index contributed by atoms with van der Waals surface area (Å²) in [5, 5.41) is 3.80. The second-order valence-corrected chi connectivity index (χ2v) is 5.90. The predicted molar refractivity (Wildman–Crippen MR) is 89.0 cm³/mol. The molecule has 0 saturated heterocycles. The smallest absolute Gasteiger partial charge is 0.337 e. The topological polar surface area (TPSA) is 38.3 Å². The van der Waals surface area contributed by atoms with Crippen molar-refractivity contribution < 1.29 is 9.53 Å². The molecule has 2 rings (SSSR count). The molecule has 0 aromatic heterocycles. The average Bonchev–Trinajstić information content (AvgIpc) is 2.47. The molecule has 2 aromatic carbocycles. The molecular weight excluding hydrogens is 354 g/mol. The molecular formula is C16H15BrClNO2. The predicted octanol–water partition coefficient (Wildman–Crippen LogP) is 4.81. The number of carbonyl (C=O) groups excluding carboxylic acids is 1. The molecule has 2 aromatic rings. The number of hydrogen-bond donors (Lipinski definition) is 1. The Kier molecular flexibility index (Phi) is 5.26. The van der Waals surface area contributed by atoms with Crippen LogP contribution in [0, 0.1) is 6.92 Å². The normalized spacial score (nSPS) is 10.3. The Balaban J connectivity index is 2.17. The molecule has 110 valence electrons. The summed E-state index contributed by atoms with van der Waals surface area (Å²) in [6, 6.07) is 11.2. The van der Waals surface area contributed by atoms with Gasteiger partial charge in [0.25, 0.3) is 0 Å². The summed E-state index contributed by atoms with van der Waals surface area (Å²) >= 11 is 9.69. The number of nitrogens with one attached hydrogen (secondary N) is 1. The van der Waals surface area contributed by atoms with Gasteiger partial charge in [0, 0.05) is 11.0 Å². The Morgan fingerprint density at radius 1 is 1.29 bits per heavy atom. The van der Waals surface area contributed by atoms with E-state index in [0.717, 1.165) is 10.0 Å². The fraction of sp³-hybridized carbons (Fsp3) is 0.188. The Labute approximate surface area is 137 Å². The number of rotatable bonds is 4. The van der Waals surface area contributed by atoms with E-state index in [2.05, 4.69) is 27.3 Å². The first-order valence-corrected chi connectivity index (χ1v) is 7.55. The van der Waals surface area contributed by atoms with Crippen LogP contribution in [0.3, 0.4) is 0 Å². The summed E-state index contributed by atoms with van der Waals surface area (Å²) in [4.78, 5) is 11.5. The molecule has 0 radical (unpaired) electrons. The molecule has 0 saturated carbocycles. The summed E-state index contributed by atoms with van der Waals surface area (Å²) in [6.07, 6.45) is 0. The van der Waals surface area contributed by atoms with E-state index in [0.29, 0.717) is 22.8 Å². The van der Waals surface area contributed by atoms with Crippen molar-refractivity contribution in [1.29, 1.82) is 0 Å². The molecule has 5 heteroatoms. The maximum absolute atomic E-state index is 11.5. The Hall–Kier alpha value is -1.52. The fourth-order valence-electron chi connectivity index (χ4n) is 1.89. The van der Waals surface area contributed by atoms with Crippen LogP contribution in [0.15, 0.2) is 40.9 Å². The second kappa shape index (κ2) is 6.96. The highest BCUT2D eigenvalue weighted by Gasteiger charge is 2.09. The molecule has 0 aliphatic rings. The van der Waals surface area contributed by atoms with Crippen molar-refractivity contribution in [3.05, 3.63) is 62.6 Å². The summed E-state index contributed by atoms with van der Waals surface area (Å²) < 4.78 is 5.75. The first-order chi connectivity index (χ1) is 10.0. The van der Waals surface area contributed by atoms with Gasteiger partial charge in [0.05, 0.1) is 23.4 Å². The minimum absolute atomic E-state index is 0.383. The van der Waals surface area contributed by atoms with Gasteiger partial charge in [-0.1, -0.05) is 39.7 Å². The number of halogens is 2. The number of esters is 1. The van der Waals surface area contributed by atoms with Gasteiger partial charge in [-0.2, -0.15) is 0 Å². The van der Waals surface area contributed by atoms with Crippen molar-refractivity contribution in [1.82, 2.24) is 0 Å². The highest BCUT2D eigenvalue weighted by atomic mass is 79.9. The highest BCUT2D eigenvalue weighted by molar-refractivity contribution is 9.10. The summed E-state index contributed by atoms with van der Waals surface area (Å²) in [5.74, 6) is -0.383. The van der Waals surface area contributed by atoms with E-state index in [-0.39, 0.29) is 5.97 Å². The molecule has 0 fully saturated rings. The molecule has 0 spiro atoms. The van der Waals surface area contributed by atoms with Crippen LogP contribution in [0.2, 0.25) is 5.02 Å². The van der Waals surface area contributed by atoms with Gasteiger partial charge in [-0.3, -0.25) is 0 Å². The van der Waals surface area contributed by atoms with E-state index >= 15 is 0 Å². The highest BCUT2D eigenvalue weighted by Crippen LogP contribution is 2.25. The largest absolute Gasteiger partial charge is 0.465 e. The first-order valence-electron chi connectivity index (χ1n) is 6.38. The van der Waals surface area contributed by atoms with Crippen LogP contribution in [0.4, 0.5) is 5.69 Å². The maximum Gasteiger partial charge on any atom is 0.337 e. The van der Waals surface area contributed by atoms with Crippen LogP contribution >= 0.6 is 27.5 Å². The van der Waals surface area contributed by atoms with Crippen molar-refractivity contribution in [2.45, 2.75) is 13.5 Å². The number of aryl methyl sites for hydroxylation is 1. The zero-order chi connectivity index (χ0) is 15.4. The molecule has 0 unspecified atom stereocenters. The average molecular weight is 369 g/mol. The number of anilines is 1. The van der Waals surface area contributed by atoms with E-state index < -0.39 is 0 Å². The monoisotopic (exact) mass is 367 g/mol. The van der Waals surface area contributed by atoms with Crippen molar-refractivity contribution in [3.63, 3.8) is 0 Å². The molecule has 3 nitrogen and oxygen atoms in total. The van der Waals surface area contributed by atoms with E-state index in [1.807, 2.05) is 19.1 Å². The van der Waals surface area contributed by atoms with Crippen molar-refractivity contribution >= 4 is 39.2 Å². The molecule has 0 heterocycles. The first kappa shape index (κ1) is 15.9. The van der Waals surface area contributed by atoms with E-state index in [1.165, 1.54) is 12.7 Å². The Morgan fingerprint density at radius 3 is 2.71 bits per heavy atom. The minimum Gasteiger partial charge on any atom is -0.465 e. The molecule has 1 N–H and O–H groups in total. The van der Waals surface area contributed by atoms with Crippen LogP contribution < -0.4 is 5.32 Å². The van der Waals surface area contributed by atoms with Crippen LogP contribution in [0.5, 0.6) is 0 Å². The van der Waals surface area contributed by atoms with Crippen LogP contribution in [0.1, 0.15) is 21.5 Å². The molecule has 0 aliphatic heterocycles. The quantitative estimate of drug-likeness (QED) is 0.787. The Bertz CT molecular complexity index is 673. The number of benzene rings is 2. The summed E-state index contributed by atoms with van der Waals surface area (Å²) in [7, 11) is 1.35. The second-order valence-electron chi connectivity index (χ2n) is 4.63. The van der Waals surface area contributed by atoms with Crippen LogP contribution in [-0.2, 0) is 11.3 Å². The third-order valence-corrected chi connectivity index (χ3v) is 4.13. The summed E-state index contributed by atoms with van der Waals surface area (Å²) in [5.41, 5.74) is 3.47. The zero-order valence-electron chi connectivity index (χ0n) is 11.7. The molecule has 0 amide bonds. The van der Waals surface area contributed by atoms with Gasteiger partial charge in [-0.25, -0.2) is 4.79 Å². The van der Waals surface area contributed by atoms with E-state index in [1.54, 1.807) is 18.2 Å². The van der Waals surface area contributed by atoms with Crippen LogP contribution in [-0.4, -0.2) is 13.1 Å². The molecule has 0 atom stereocenters. The van der Waals surface area contributed by atoms with Crippen molar-refractivity contribution in [3.8, 4) is 0 Å². The third kappa shape index (κ3) is 3.99. The summed E-state index contributed by atoms with van der Waals surface area (Å²) in [6.45, 7) is 2.64.